The molecule has 0 aliphatic carbocycles. The number of thioether (sulfide) groups is 1. The van der Waals surface area contributed by atoms with Crippen LogP contribution in [-0.2, 0) is 12.4 Å². The van der Waals surface area contributed by atoms with Gasteiger partial charge in [0.1, 0.15) is 6.61 Å². The van der Waals surface area contributed by atoms with Crippen LogP contribution < -0.4 is 10.1 Å². The topological polar surface area (TPSA) is 47.0 Å². The van der Waals surface area contributed by atoms with Crippen LogP contribution in [0, 0.1) is 6.92 Å². The van der Waals surface area contributed by atoms with E-state index in [0.717, 1.165) is 37.6 Å². The fraction of sp³-hybridized carbons (Fsp3) is 0.130. The van der Waals surface area contributed by atoms with Crippen molar-refractivity contribution in [3.05, 3.63) is 94.1 Å². The fourth-order valence-electron chi connectivity index (χ4n) is 2.73. The molecule has 0 bridgehead atoms. The molecule has 4 aromatic rings. The van der Waals surface area contributed by atoms with Crippen molar-refractivity contribution in [2.45, 2.75) is 24.2 Å². The summed E-state index contributed by atoms with van der Waals surface area (Å²) in [5, 5.41) is 6.85. The van der Waals surface area contributed by atoms with Gasteiger partial charge in [0.15, 0.2) is 16.7 Å². The summed E-state index contributed by atoms with van der Waals surface area (Å²) in [6, 6.07) is 20.0. The molecule has 4 nitrogen and oxygen atoms in total. The minimum Gasteiger partial charge on any atom is -0.485 e. The Labute approximate surface area is 201 Å². The zero-order valence-corrected chi connectivity index (χ0v) is 20.0. The van der Waals surface area contributed by atoms with Gasteiger partial charge in [-0.05, 0) is 30.2 Å². The van der Waals surface area contributed by atoms with Gasteiger partial charge in [-0.15, -0.1) is 35.5 Å². The second kappa shape index (κ2) is 11.4. The number of anilines is 2. The van der Waals surface area contributed by atoms with Gasteiger partial charge in [-0.1, -0.05) is 60.1 Å². The van der Waals surface area contributed by atoms with Crippen LogP contribution in [0.25, 0.3) is 0 Å². The zero-order chi connectivity index (χ0) is 20.8. The summed E-state index contributed by atoms with van der Waals surface area (Å²) in [5.41, 5.74) is 3.17. The SMILES string of the molecule is Cc1csc(Nc2ncc(SCc3ccccc3Cl)cc2OCc2ccccc2)n1.Cl. The smallest absolute Gasteiger partial charge is 0.188 e. The monoisotopic (exact) mass is 489 g/mol. The number of benzene rings is 2. The number of nitrogens with zero attached hydrogens (tertiary/aromatic N) is 2. The Morgan fingerprint density at radius 1 is 1.10 bits per heavy atom. The van der Waals surface area contributed by atoms with Crippen LogP contribution >= 0.6 is 47.1 Å². The Kier molecular flexibility index (Phi) is 8.60. The molecule has 31 heavy (non-hydrogen) atoms. The van der Waals surface area contributed by atoms with E-state index in [1.165, 1.54) is 0 Å². The molecule has 1 N–H and O–H groups in total. The first-order chi connectivity index (χ1) is 14.7. The van der Waals surface area contributed by atoms with Crippen molar-refractivity contribution in [1.29, 1.82) is 0 Å². The predicted molar refractivity (Wildman–Crippen MR) is 133 cm³/mol. The average Bonchev–Trinajstić information content (AvgIpc) is 3.18. The van der Waals surface area contributed by atoms with Gasteiger partial charge in [-0.25, -0.2) is 9.97 Å². The van der Waals surface area contributed by atoms with E-state index in [1.54, 1.807) is 23.1 Å². The van der Waals surface area contributed by atoms with Crippen molar-refractivity contribution in [3.63, 3.8) is 0 Å². The van der Waals surface area contributed by atoms with Crippen molar-refractivity contribution in [1.82, 2.24) is 9.97 Å². The highest BCUT2D eigenvalue weighted by Gasteiger charge is 2.11. The van der Waals surface area contributed by atoms with Gasteiger partial charge in [0.05, 0.1) is 5.69 Å². The number of hydrogen-bond acceptors (Lipinski definition) is 6. The van der Waals surface area contributed by atoms with E-state index in [0.29, 0.717) is 18.2 Å². The largest absolute Gasteiger partial charge is 0.485 e. The van der Waals surface area contributed by atoms with E-state index in [2.05, 4.69) is 15.3 Å². The number of nitrogens with one attached hydrogen (secondary N) is 1. The summed E-state index contributed by atoms with van der Waals surface area (Å²) < 4.78 is 6.13. The molecule has 0 spiro atoms. The molecule has 0 aliphatic heterocycles. The van der Waals surface area contributed by atoms with Crippen molar-refractivity contribution in [2.75, 3.05) is 5.32 Å². The minimum absolute atomic E-state index is 0. The molecule has 0 unspecified atom stereocenters. The lowest BCUT2D eigenvalue weighted by molar-refractivity contribution is 0.306. The van der Waals surface area contributed by atoms with Gasteiger partial charge in [0, 0.05) is 27.2 Å². The van der Waals surface area contributed by atoms with Gasteiger partial charge < -0.3 is 10.1 Å². The number of pyridine rings is 1. The number of hydrogen-bond donors (Lipinski definition) is 1. The van der Waals surface area contributed by atoms with Crippen LogP contribution in [0.3, 0.4) is 0 Å². The molecule has 2 heterocycles. The number of thiazole rings is 1. The van der Waals surface area contributed by atoms with E-state index in [-0.39, 0.29) is 12.4 Å². The second-order valence-electron chi connectivity index (χ2n) is 6.59. The molecule has 0 atom stereocenters. The summed E-state index contributed by atoms with van der Waals surface area (Å²) >= 11 is 9.51. The molecular formula is C23H21Cl2N3OS2. The first-order valence-corrected chi connectivity index (χ1v) is 11.6. The Morgan fingerprint density at radius 3 is 2.61 bits per heavy atom. The molecule has 2 aromatic heterocycles. The maximum Gasteiger partial charge on any atom is 0.188 e. The van der Waals surface area contributed by atoms with Crippen molar-refractivity contribution in [2.24, 2.45) is 0 Å². The molecule has 4 rings (SSSR count). The zero-order valence-electron chi connectivity index (χ0n) is 16.7. The van der Waals surface area contributed by atoms with Gasteiger partial charge in [0.25, 0.3) is 0 Å². The lowest BCUT2D eigenvalue weighted by atomic mass is 10.2. The quantitative estimate of drug-likeness (QED) is 0.259. The highest BCUT2D eigenvalue weighted by Crippen LogP contribution is 2.33. The summed E-state index contributed by atoms with van der Waals surface area (Å²) in [5.74, 6) is 2.11. The van der Waals surface area contributed by atoms with Gasteiger partial charge in [-0.3, -0.25) is 0 Å². The van der Waals surface area contributed by atoms with E-state index in [9.17, 15) is 0 Å². The maximum absolute atomic E-state index is 6.29. The number of halogens is 2. The summed E-state index contributed by atoms with van der Waals surface area (Å²) in [6.07, 6.45) is 1.85. The van der Waals surface area contributed by atoms with Crippen LogP contribution in [0.2, 0.25) is 5.02 Å². The fourth-order valence-corrected chi connectivity index (χ4v) is 4.59. The van der Waals surface area contributed by atoms with E-state index >= 15 is 0 Å². The second-order valence-corrected chi connectivity index (χ2v) is 8.91. The molecule has 0 aliphatic rings. The maximum atomic E-state index is 6.29. The summed E-state index contributed by atoms with van der Waals surface area (Å²) in [7, 11) is 0. The molecule has 0 fully saturated rings. The lowest BCUT2D eigenvalue weighted by Gasteiger charge is -2.13. The number of rotatable bonds is 8. The number of aromatic nitrogens is 2. The van der Waals surface area contributed by atoms with Crippen LogP contribution in [0.4, 0.5) is 10.9 Å². The van der Waals surface area contributed by atoms with E-state index < -0.39 is 0 Å². The first-order valence-electron chi connectivity index (χ1n) is 9.39. The van der Waals surface area contributed by atoms with Crippen molar-refractivity contribution >= 4 is 58.1 Å². The number of ether oxygens (including phenoxy) is 1. The van der Waals surface area contributed by atoms with Crippen LogP contribution in [0.15, 0.2) is 77.1 Å². The van der Waals surface area contributed by atoms with Crippen molar-refractivity contribution < 1.29 is 4.74 Å². The van der Waals surface area contributed by atoms with Gasteiger partial charge in [0.2, 0.25) is 0 Å². The molecule has 0 saturated carbocycles. The number of aryl methyl sites for hydroxylation is 1. The molecule has 8 heteroatoms. The van der Waals surface area contributed by atoms with Gasteiger partial charge in [-0.2, -0.15) is 0 Å². The van der Waals surface area contributed by atoms with Crippen molar-refractivity contribution in [3.8, 4) is 5.75 Å². The van der Waals surface area contributed by atoms with Crippen LogP contribution in [0.5, 0.6) is 5.75 Å². The van der Waals surface area contributed by atoms with Gasteiger partial charge >= 0.3 is 0 Å². The third-order valence-electron chi connectivity index (χ3n) is 4.26. The minimum atomic E-state index is 0. The normalized spacial score (nSPS) is 10.4. The average molecular weight is 490 g/mol. The Morgan fingerprint density at radius 2 is 1.87 bits per heavy atom. The molecule has 0 radical (unpaired) electrons. The molecule has 0 amide bonds. The molecular weight excluding hydrogens is 469 g/mol. The third kappa shape index (κ3) is 6.61. The highest BCUT2D eigenvalue weighted by molar-refractivity contribution is 7.98. The lowest BCUT2D eigenvalue weighted by Crippen LogP contribution is -2.01. The Balaban J connectivity index is 0.00000272. The summed E-state index contributed by atoms with van der Waals surface area (Å²) in [4.78, 5) is 10.1. The molecule has 160 valence electrons. The first kappa shape index (κ1) is 23.4. The third-order valence-corrected chi connectivity index (χ3v) is 6.52. The molecule has 0 saturated heterocycles. The Hall–Kier alpha value is -2.25. The van der Waals surface area contributed by atoms with E-state index in [1.807, 2.05) is 79.2 Å². The highest BCUT2D eigenvalue weighted by atomic mass is 35.5. The Bertz CT molecular complexity index is 1120. The molecule has 2 aromatic carbocycles. The van der Waals surface area contributed by atoms with E-state index in [4.69, 9.17) is 16.3 Å². The predicted octanol–water partition coefficient (Wildman–Crippen LogP) is 7.54. The standard InChI is InChI=1S/C23H20ClN3OS2.ClH/c1-16-14-30-23(26-16)27-22-21(28-13-17-7-3-2-4-8-17)11-19(12-25-22)29-15-18-9-5-6-10-20(18)24;/h2-12,14H,13,15H2,1H3,(H,25,26,27);1H. The van der Waals surface area contributed by atoms with Crippen LogP contribution in [0.1, 0.15) is 16.8 Å². The van der Waals surface area contributed by atoms with Crippen LogP contribution in [-0.4, -0.2) is 9.97 Å². The summed E-state index contributed by atoms with van der Waals surface area (Å²) in [6.45, 7) is 2.43.